The van der Waals surface area contributed by atoms with Crippen molar-refractivity contribution in [1.82, 2.24) is 14.9 Å². The zero-order chi connectivity index (χ0) is 15.5. The number of carbonyl (C=O) groups is 1. The molecule has 0 atom stereocenters. The van der Waals surface area contributed by atoms with E-state index in [0.717, 1.165) is 18.2 Å². The van der Waals surface area contributed by atoms with E-state index in [4.69, 9.17) is 5.11 Å². The molecular formula is C11H10FN3O5S. The molecule has 0 aliphatic heterocycles. The first kappa shape index (κ1) is 15.1. The Morgan fingerprint density at radius 2 is 2.19 bits per heavy atom. The Kier molecular flexibility index (Phi) is 4.29. The molecule has 0 saturated carbocycles. The summed E-state index contributed by atoms with van der Waals surface area (Å²) < 4.78 is 44.3. The van der Waals surface area contributed by atoms with Crippen molar-refractivity contribution in [3.8, 4) is 0 Å². The Balaban J connectivity index is 2.15. The Morgan fingerprint density at radius 3 is 2.81 bits per heavy atom. The second-order valence-electron chi connectivity index (χ2n) is 3.93. The molecule has 0 radical (unpaired) electrons. The van der Waals surface area contributed by atoms with E-state index >= 15 is 0 Å². The number of nitrogens with one attached hydrogen (secondary N) is 1. The van der Waals surface area contributed by atoms with Gasteiger partial charge in [-0.05, 0) is 18.2 Å². The zero-order valence-electron chi connectivity index (χ0n) is 10.5. The van der Waals surface area contributed by atoms with Crippen LogP contribution < -0.4 is 4.72 Å². The van der Waals surface area contributed by atoms with Crippen molar-refractivity contribution in [3.05, 3.63) is 41.8 Å². The highest BCUT2D eigenvalue weighted by atomic mass is 32.2. The highest BCUT2D eigenvalue weighted by Gasteiger charge is 2.21. The number of benzene rings is 1. The first-order chi connectivity index (χ1) is 9.90. The van der Waals surface area contributed by atoms with Gasteiger partial charge in [-0.25, -0.2) is 22.3 Å². The molecule has 2 aromatic rings. The standard InChI is InChI=1S/C11H10FN3O5S/c12-8-2-1-7(11(16)17)5-9(8)21(18,19)15-4-3-10-13-6-14-20-10/h1-2,5-6,15H,3-4H2,(H,16,17). The summed E-state index contributed by atoms with van der Waals surface area (Å²) in [6.07, 6.45) is 1.29. The van der Waals surface area contributed by atoms with Crippen LogP contribution in [0.5, 0.6) is 0 Å². The van der Waals surface area contributed by atoms with Crippen molar-refractivity contribution in [2.45, 2.75) is 11.3 Å². The first-order valence-corrected chi connectivity index (χ1v) is 7.16. The van der Waals surface area contributed by atoms with Gasteiger partial charge in [0.15, 0.2) is 6.33 Å². The Labute approximate surface area is 118 Å². The summed E-state index contributed by atoms with van der Waals surface area (Å²) in [5.41, 5.74) is -0.325. The van der Waals surface area contributed by atoms with E-state index < -0.39 is 26.7 Å². The zero-order valence-corrected chi connectivity index (χ0v) is 11.3. The van der Waals surface area contributed by atoms with Crippen molar-refractivity contribution >= 4 is 16.0 Å². The van der Waals surface area contributed by atoms with Gasteiger partial charge in [-0.1, -0.05) is 5.16 Å². The molecule has 1 aromatic carbocycles. The van der Waals surface area contributed by atoms with Crippen molar-refractivity contribution in [3.63, 3.8) is 0 Å². The average Bonchev–Trinajstić information content (AvgIpc) is 2.91. The number of halogens is 1. The van der Waals surface area contributed by atoms with E-state index in [-0.39, 0.29) is 24.4 Å². The maximum Gasteiger partial charge on any atom is 0.335 e. The summed E-state index contributed by atoms with van der Waals surface area (Å²) in [6.45, 7) is -0.0960. The molecule has 0 amide bonds. The van der Waals surface area contributed by atoms with E-state index in [1.54, 1.807) is 0 Å². The van der Waals surface area contributed by atoms with Gasteiger partial charge in [0.05, 0.1) is 5.56 Å². The van der Waals surface area contributed by atoms with E-state index in [1.165, 1.54) is 6.33 Å². The number of hydrogen-bond donors (Lipinski definition) is 2. The summed E-state index contributed by atoms with van der Waals surface area (Å²) in [4.78, 5) is 13.8. The van der Waals surface area contributed by atoms with Gasteiger partial charge in [0.2, 0.25) is 15.9 Å². The third-order valence-electron chi connectivity index (χ3n) is 2.51. The van der Waals surface area contributed by atoms with Crippen LogP contribution in [-0.4, -0.2) is 36.2 Å². The molecule has 1 aromatic heterocycles. The highest BCUT2D eigenvalue weighted by Crippen LogP contribution is 2.16. The fourth-order valence-electron chi connectivity index (χ4n) is 1.52. The number of carboxylic acid groups (broad SMARTS) is 1. The predicted molar refractivity (Wildman–Crippen MR) is 66.5 cm³/mol. The van der Waals surface area contributed by atoms with Crippen LogP contribution >= 0.6 is 0 Å². The van der Waals surface area contributed by atoms with E-state index in [9.17, 15) is 17.6 Å². The van der Waals surface area contributed by atoms with Crippen molar-refractivity contribution in [2.75, 3.05) is 6.54 Å². The van der Waals surface area contributed by atoms with Gasteiger partial charge in [-0.3, -0.25) is 0 Å². The van der Waals surface area contributed by atoms with Gasteiger partial charge in [-0.2, -0.15) is 4.98 Å². The van der Waals surface area contributed by atoms with Crippen molar-refractivity contribution < 1.29 is 27.2 Å². The van der Waals surface area contributed by atoms with Crippen molar-refractivity contribution in [1.29, 1.82) is 0 Å². The number of carboxylic acids is 1. The predicted octanol–water partition coefficient (Wildman–Crippen LogP) is 0.428. The normalized spacial score (nSPS) is 11.5. The Hall–Kier alpha value is -2.33. The summed E-state index contributed by atoms with van der Waals surface area (Å²) in [7, 11) is -4.18. The highest BCUT2D eigenvalue weighted by molar-refractivity contribution is 7.89. The maximum absolute atomic E-state index is 13.6. The lowest BCUT2D eigenvalue weighted by molar-refractivity contribution is 0.0696. The summed E-state index contributed by atoms with van der Waals surface area (Å²) in [5.74, 6) is -2.17. The third-order valence-corrected chi connectivity index (χ3v) is 3.98. The van der Waals surface area contributed by atoms with Crippen LogP contribution in [0.1, 0.15) is 16.2 Å². The molecule has 2 N–H and O–H groups in total. The molecule has 0 saturated heterocycles. The van der Waals surface area contributed by atoms with E-state index in [2.05, 4.69) is 19.4 Å². The molecule has 112 valence electrons. The average molecular weight is 315 g/mol. The lowest BCUT2D eigenvalue weighted by Gasteiger charge is -2.07. The molecule has 8 nitrogen and oxygen atoms in total. The molecule has 0 aliphatic carbocycles. The summed E-state index contributed by atoms with van der Waals surface area (Å²) >= 11 is 0. The van der Waals surface area contributed by atoms with E-state index in [0.29, 0.717) is 0 Å². The molecule has 10 heteroatoms. The third kappa shape index (κ3) is 3.61. The van der Waals surface area contributed by atoms with Crippen LogP contribution in [0, 0.1) is 5.82 Å². The molecule has 0 bridgehead atoms. The monoisotopic (exact) mass is 315 g/mol. The van der Waals surface area contributed by atoms with Crippen LogP contribution in [0.4, 0.5) is 4.39 Å². The summed E-state index contributed by atoms with van der Waals surface area (Å²) in [5, 5.41) is 12.2. The fraction of sp³-hybridized carbons (Fsp3) is 0.182. The SMILES string of the molecule is O=C(O)c1ccc(F)c(S(=O)(=O)NCCc2ncno2)c1. The van der Waals surface area contributed by atoms with Crippen LogP contribution in [0.15, 0.2) is 33.9 Å². The van der Waals surface area contributed by atoms with Gasteiger partial charge in [-0.15, -0.1) is 0 Å². The quantitative estimate of drug-likeness (QED) is 0.792. The van der Waals surface area contributed by atoms with Crippen LogP contribution in [0.3, 0.4) is 0 Å². The van der Waals surface area contributed by atoms with Gasteiger partial charge >= 0.3 is 5.97 Å². The fourth-order valence-corrected chi connectivity index (χ4v) is 2.65. The molecule has 0 unspecified atom stereocenters. The number of hydrogen-bond acceptors (Lipinski definition) is 6. The van der Waals surface area contributed by atoms with Gasteiger partial charge in [0.25, 0.3) is 0 Å². The minimum absolute atomic E-state index is 0.0960. The minimum Gasteiger partial charge on any atom is -0.478 e. The van der Waals surface area contributed by atoms with Gasteiger partial charge in [0.1, 0.15) is 10.7 Å². The molecule has 0 aliphatic rings. The number of rotatable bonds is 6. The molecule has 1 heterocycles. The molecule has 2 rings (SSSR count). The number of aromatic carboxylic acids is 1. The Morgan fingerprint density at radius 1 is 1.43 bits per heavy atom. The lowest BCUT2D eigenvalue weighted by atomic mass is 10.2. The van der Waals surface area contributed by atoms with Gasteiger partial charge in [0, 0.05) is 13.0 Å². The van der Waals surface area contributed by atoms with Crippen LogP contribution in [0.2, 0.25) is 0 Å². The van der Waals surface area contributed by atoms with E-state index in [1.807, 2.05) is 0 Å². The molecule has 0 fully saturated rings. The Bertz CT molecular complexity index is 745. The minimum atomic E-state index is -4.18. The molecular weight excluding hydrogens is 305 g/mol. The number of nitrogens with zero attached hydrogens (tertiary/aromatic N) is 2. The second-order valence-corrected chi connectivity index (χ2v) is 5.67. The molecule has 21 heavy (non-hydrogen) atoms. The molecule has 0 spiro atoms. The van der Waals surface area contributed by atoms with Crippen molar-refractivity contribution in [2.24, 2.45) is 0 Å². The largest absolute Gasteiger partial charge is 0.478 e. The first-order valence-electron chi connectivity index (χ1n) is 5.68. The number of aromatic nitrogens is 2. The second kappa shape index (κ2) is 5.97. The van der Waals surface area contributed by atoms with Gasteiger partial charge < -0.3 is 9.63 Å². The number of sulfonamides is 1. The smallest absolute Gasteiger partial charge is 0.335 e. The lowest BCUT2D eigenvalue weighted by Crippen LogP contribution is -2.27. The maximum atomic E-state index is 13.6. The van der Waals surface area contributed by atoms with Crippen LogP contribution in [0.25, 0.3) is 0 Å². The summed E-state index contributed by atoms with van der Waals surface area (Å²) in [6, 6.07) is 2.53. The topological polar surface area (TPSA) is 122 Å². The van der Waals surface area contributed by atoms with Crippen LogP contribution in [-0.2, 0) is 16.4 Å².